The first-order valence-electron chi connectivity index (χ1n) is 8.65. The smallest absolute Gasteiger partial charge is 0.245 e. The summed E-state index contributed by atoms with van der Waals surface area (Å²) >= 11 is 9.03. The van der Waals surface area contributed by atoms with Gasteiger partial charge in [0.2, 0.25) is 15.9 Å². The number of nitrogens with one attached hydrogen (secondary N) is 1. The second kappa shape index (κ2) is 9.65. The van der Waals surface area contributed by atoms with E-state index in [1.807, 2.05) is 0 Å². The molecule has 10 heteroatoms. The first-order valence-corrected chi connectivity index (χ1v) is 11.3. The van der Waals surface area contributed by atoms with Gasteiger partial charge in [0.05, 0.1) is 12.2 Å². The van der Waals surface area contributed by atoms with Crippen LogP contribution in [0.4, 0.5) is 10.1 Å². The van der Waals surface area contributed by atoms with Gasteiger partial charge in [-0.1, -0.05) is 39.7 Å². The molecule has 0 spiro atoms. The number of halogens is 3. The summed E-state index contributed by atoms with van der Waals surface area (Å²) < 4.78 is 41.8. The van der Waals surface area contributed by atoms with Crippen LogP contribution in [0.25, 0.3) is 0 Å². The molecule has 3 aromatic rings. The minimum atomic E-state index is -4.04. The molecule has 6 nitrogen and oxygen atoms in total. The van der Waals surface area contributed by atoms with Gasteiger partial charge < -0.3 is 5.32 Å². The molecule has 30 heavy (non-hydrogen) atoms. The van der Waals surface area contributed by atoms with Gasteiger partial charge in [-0.05, 0) is 48.0 Å². The lowest BCUT2D eigenvalue weighted by molar-refractivity contribution is -0.116. The molecule has 1 aromatic heterocycles. The number of aromatic nitrogens is 1. The second-order valence-corrected chi connectivity index (χ2v) is 9.55. The van der Waals surface area contributed by atoms with Gasteiger partial charge >= 0.3 is 0 Å². The monoisotopic (exact) mass is 511 g/mol. The first-order chi connectivity index (χ1) is 14.3. The fourth-order valence-electron chi connectivity index (χ4n) is 2.61. The highest BCUT2D eigenvalue weighted by molar-refractivity contribution is 9.10. The zero-order valence-corrected chi connectivity index (χ0v) is 18.6. The van der Waals surface area contributed by atoms with E-state index in [1.54, 1.807) is 30.3 Å². The maximum Gasteiger partial charge on any atom is 0.245 e. The van der Waals surface area contributed by atoms with Crippen LogP contribution in [0.5, 0.6) is 0 Å². The fourth-order valence-corrected chi connectivity index (χ4v) is 4.42. The molecule has 0 aliphatic heterocycles. The molecule has 1 heterocycles. The SMILES string of the molecule is O=C(CN(Cc1ccc(Cl)cc1)S(=O)(=O)c1cccnc1)Nc1ccc(Br)cc1F. The number of rotatable bonds is 7. The Balaban J connectivity index is 1.86. The number of anilines is 1. The van der Waals surface area contributed by atoms with Gasteiger partial charge in [0.1, 0.15) is 10.7 Å². The van der Waals surface area contributed by atoms with Crippen molar-refractivity contribution in [2.45, 2.75) is 11.4 Å². The molecule has 0 fully saturated rings. The standard InChI is InChI=1S/C20H16BrClFN3O3S/c21-15-5-8-19(18(23)10-15)25-20(27)13-26(12-14-3-6-16(22)7-4-14)30(28,29)17-2-1-9-24-11-17/h1-11H,12-13H2,(H,25,27). The van der Waals surface area contributed by atoms with Crippen molar-refractivity contribution in [2.24, 2.45) is 0 Å². The summed E-state index contributed by atoms with van der Waals surface area (Å²) in [5.41, 5.74) is 0.586. The molecule has 0 bridgehead atoms. The lowest BCUT2D eigenvalue weighted by Gasteiger charge is -2.22. The summed E-state index contributed by atoms with van der Waals surface area (Å²) in [6.07, 6.45) is 2.65. The van der Waals surface area contributed by atoms with E-state index in [1.165, 1.54) is 36.7 Å². The number of nitrogens with zero attached hydrogens (tertiary/aromatic N) is 2. The Labute approximate surface area is 186 Å². The van der Waals surface area contributed by atoms with Crippen LogP contribution in [-0.4, -0.2) is 30.2 Å². The molecule has 1 amide bonds. The van der Waals surface area contributed by atoms with E-state index in [9.17, 15) is 17.6 Å². The summed E-state index contributed by atoms with van der Waals surface area (Å²) in [4.78, 5) is 16.3. The van der Waals surface area contributed by atoms with Gasteiger partial charge in [-0.3, -0.25) is 9.78 Å². The topological polar surface area (TPSA) is 79.4 Å². The fraction of sp³-hybridized carbons (Fsp3) is 0.100. The molecular weight excluding hydrogens is 497 g/mol. The maximum absolute atomic E-state index is 14.0. The third-order valence-corrected chi connectivity index (χ3v) is 6.59. The summed E-state index contributed by atoms with van der Waals surface area (Å²) in [6.45, 7) is -0.597. The first kappa shape index (κ1) is 22.4. The molecule has 0 radical (unpaired) electrons. The third-order valence-electron chi connectivity index (χ3n) is 4.07. The molecule has 0 aliphatic carbocycles. The van der Waals surface area contributed by atoms with Crippen LogP contribution in [-0.2, 0) is 21.4 Å². The van der Waals surface area contributed by atoms with Crippen LogP contribution in [0.15, 0.2) is 76.4 Å². The molecule has 0 unspecified atom stereocenters. The number of carbonyl (C=O) groups is 1. The molecule has 156 valence electrons. The van der Waals surface area contributed by atoms with Crippen LogP contribution < -0.4 is 5.32 Å². The van der Waals surface area contributed by atoms with E-state index in [2.05, 4.69) is 26.2 Å². The van der Waals surface area contributed by atoms with Gasteiger partial charge in [0.25, 0.3) is 0 Å². The van der Waals surface area contributed by atoms with E-state index >= 15 is 0 Å². The lowest BCUT2D eigenvalue weighted by Crippen LogP contribution is -2.37. The van der Waals surface area contributed by atoms with Crippen LogP contribution in [0, 0.1) is 5.82 Å². The Bertz CT molecular complexity index is 1150. The second-order valence-electron chi connectivity index (χ2n) is 6.26. The van der Waals surface area contributed by atoms with Crippen molar-refractivity contribution in [3.8, 4) is 0 Å². The van der Waals surface area contributed by atoms with Crippen LogP contribution in [0.1, 0.15) is 5.56 Å². The number of sulfonamides is 1. The Hall–Kier alpha value is -2.33. The van der Waals surface area contributed by atoms with E-state index in [4.69, 9.17) is 11.6 Å². The molecule has 3 rings (SSSR count). The Morgan fingerprint density at radius 2 is 1.90 bits per heavy atom. The van der Waals surface area contributed by atoms with Crippen molar-refractivity contribution in [1.82, 2.24) is 9.29 Å². The molecular formula is C20H16BrClFN3O3S. The Morgan fingerprint density at radius 3 is 2.53 bits per heavy atom. The largest absolute Gasteiger partial charge is 0.322 e. The van der Waals surface area contributed by atoms with Gasteiger partial charge in [-0.2, -0.15) is 4.31 Å². The predicted molar refractivity (Wildman–Crippen MR) is 116 cm³/mol. The van der Waals surface area contributed by atoms with Crippen molar-refractivity contribution in [3.63, 3.8) is 0 Å². The van der Waals surface area contributed by atoms with E-state index < -0.39 is 28.3 Å². The summed E-state index contributed by atoms with van der Waals surface area (Å²) in [5.74, 6) is -1.32. The Kier molecular flexibility index (Phi) is 7.19. The normalized spacial score (nSPS) is 11.5. The molecule has 0 atom stereocenters. The zero-order chi connectivity index (χ0) is 21.7. The lowest BCUT2D eigenvalue weighted by atomic mass is 10.2. The zero-order valence-electron chi connectivity index (χ0n) is 15.4. The molecule has 1 N–H and O–H groups in total. The highest BCUT2D eigenvalue weighted by Gasteiger charge is 2.27. The number of amides is 1. The molecule has 2 aromatic carbocycles. The average molecular weight is 513 g/mol. The number of hydrogen-bond acceptors (Lipinski definition) is 4. The van der Waals surface area contributed by atoms with Gasteiger partial charge in [0, 0.05) is 28.4 Å². The quantitative estimate of drug-likeness (QED) is 0.507. The number of hydrogen-bond donors (Lipinski definition) is 1. The van der Waals surface area contributed by atoms with Crippen molar-refractivity contribution in [3.05, 3.63) is 87.9 Å². The summed E-state index contributed by atoms with van der Waals surface area (Å²) in [7, 11) is -4.04. The maximum atomic E-state index is 14.0. The highest BCUT2D eigenvalue weighted by atomic mass is 79.9. The number of pyridine rings is 1. The molecule has 0 saturated carbocycles. The molecule has 0 saturated heterocycles. The Morgan fingerprint density at radius 1 is 1.17 bits per heavy atom. The average Bonchev–Trinajstić information content (AvgIpc) is 2.72. The van der Waals surface area contributed by atoms with Gasteiger partial charge in [0.15, 0.2) is 0 Å². The molecule has 0 aliphatic rings. The summed E-state index contributed by atoms with van der Waals surface area (Å²) in [6, 6.07) is 13.6. The minimum Gasteiger partial charge on any atom is -0.322 e. The van der Waals surface area contributed by atoms with Gasteiger partial charge in [-0.15, -0.1) is 0 Å². The van der Waals surface area contributed by atoms with E-state index in [0.29, 0.717) is 15.1 Å². The highest BCUT2D eigenvalue weighted by Crippen LogP contribution is 2.21. The number of carbonyl (C=O) groups excluding carboxylic acids is 1. The van der Waals surface area contributed by atoms with Crippen molar-refractivity contribution in [2.75, 3.05) is 11.9 Å². The van der Waals surface area contributed by atoms with E-state index in [-0.39, 0.29) is 17.1 Å². The van der Waals surface area contributed by atoms with Crippen LogP contribution in [0.2, 0.25) is 5.02 Å². The van der Waals surface area contributed by atoms with Crippen molar-refractivity contribution in [1.29, 1.82) is 0 Å². The third kappa shape index (κ3) is 5.63. The predicted octanol–water partition coefficient (Wildman–Crippen LogP) is 4.47. The minimum absolute atomic E-state index is 0.0478. The number of benzene rings is 2. The summed E-state index contributed by atoms with van der Waals surface area (Å²) in [5, 5.41) is 2.91. The van der Waals surface area contributed by atoms with E-state index in [0.717, 1.165) is 4.31 Å². The van der Waals surface area contributed by atoms with Crippen molar-refractivity contribution < 1.29 is 17.6 Å². The van der Waals surface area contributed by atoms with Gasteiger partial charge in [-0.25, -0.2) is 12.8 Å². The van der Waals surface area contributed by atoms with Crippen LogP contribution >= 0.6 is 27.5 Å². The van der Waals surface area contributed by atoms with Crippen molar-refractivity contribution >= 4 is 49.1 Å². The van der Waals surface area contributed by atoms with Crippen LogP contribution in [0.3, 0.4) is 0 Å².